The molecule has 3 aliphatic rings. The summed E-state index contributed by atoms with van der Waals surface area (Å²) >= 11 is 0. The molecule has 0 unspecified atom stereocenters. The molecule has 3 saturated heterocycles. The van der Waals surface area contributed by atoms with Crippen molar-refractivity contribution in [3.8, 4) is 0 Å². The van der Waals surface area contributed by atoms with E-state index in [0.717, 1.165) is 5.56 Å². The summed E-state index contributed by atoms with van der Waals surface area (Å²) in [5, 5.41) is 0.713. The summed E-state index contributed by atoms with van der Waals surface area (Å²) < 4.78 is 74.9. The summed E-state index contributed by atoms with van der Waals surface area (Å²) in [5.74, 6) is -1.85. The predicted octanol–water partition coefficient (Wildman–Crippen LogP) is 3.90. The summed E-state index contributed by atoms with van der Waals surface area (Å²) in [5.41, 5.74) is 0.112. The van der Waals surface area contributed by atoms with Crippen LogP contribution in [0.15, 0.2) is 68.3 Å². The van der Waals surface area contributed by atoms with E-state index in [-0.39, 0.29) is 17.1 Å². The normalized spacial score (nSPS) is 31.6. The minimum atomic E-state index is -4.18. The largest absolute Gasteiger partial charge is 0.437 e. The van der Waals surface area contributed by atoms with Gasteiger partial charge in [0.2, 0.25) is 5.55 Å². The third-order valence-electron chi connectivity index (χ3n) is 7.49. The van der Waals surface area contributed by atoms with Gasteiger partial charge in [0.05, 0.1) is 17.1 Å². The molecule has 3 aliphatic heterocycles. The topological polar surface area (TPSA) is 115 Å². The molecule has 0 saturated carbocycles. The fourth-order valence-corrected chi connectivity index (χ4v) is 6.63. The van der Waals surface area contributed by atoms with Crippen molar-refractivity contribution in [3.63, 3.8) is 0 Å². The summed E-state index contributed by atoms with van der Waals surface area (Å²) in [6, 6.07) is 15.5. The first-order valence-electron chi connectivity index (χ1n) is 13.1. The van der Waals surface area contributed by atoms with Gasteiger partial charge in [0, 0.05) is 12.5 Å². The van der Waals surface area contributed by atoms with Crippen LogP contribution in [0.5, 0.6) is 0 Å². The van der Waals surface area contributed by atoms with E-state index in [4.69, 9.17) is 32.8 Å². The highest BCUT2D eigenvalue weighted by Crippen LogP contribution is 2.52. The molecular formula is C29H33NO9S. The van der Waals surface area contributed by atoms with E-state index in [1.807, 2.05) is 32.9 Å². The third-order valence-corrected chi connectivity index (χ3v) is 8.76. The zero-order valence-electron chi connectivity index (χ0n) is 23.2. The lowest BCUT2D eigenvalue weighted by atomic mass is 9.82. The second-order valence-electron chi connectivity index (χ2n) is 11.2. The molecule has 1 aromatic heterocycles. The molecule has 0 radical (unpaired) electrons. The Morgan fingerprint density at radius 2 is 1.65 bits per heavy atom. The number of nitrogens with zero attached hydrogens (tertiary/aromatic N) is 1. The van der Waals surface area contributed by atoms with Crippen LogP contribution in [0.3, 0.4) is 0 Å². The van der Waals surface area contributed by atoms with Crippen LogP contribution in [0, 0.1) is 6.92 Å². The molecule has 214 valence electrons. The Hall–Kier alpha value is -2.64. The van der Waals surface area contributed by atoms with Gasteiger partial charge in [0.25, 0.3) is 10.0 Å². The number of ether oxygens (including phenoxy) is 6. The lowest BCUT2D eigenvalue weighted by Gasteiger charge is -2.39. The SMILES string of the molecule is CO[C@]1(c2cc3ccccc3o/c2=N\S(=O)(=O)c2ccc(C)cc2)[C@@H]([C@H]2COC(C)(C)O2)O[C@@H]2OC(C)(C)O[C@@H]21. The van der Waals surface area contributed by atoms with E-state index in [2.05, 4.69) is 4.40 Å². The van der Waals surface area contributed by atoms with Gasteiger partial charge in [-0.2, -0.15) is 8.42 Å². The van der Waals surface area contributed by atoms with Gasteiger partial charge in [-0.25, -0.2) is 0 Å². The number of methoxy groups -OCH3 is 1. The Morgan fingerprint density at radius 3 is 2.33 bits per heavy atom. The second-order valence-corrected chi connectivity index (χ2v) is 12.8. The Bertz CT molecular complexity index is 1610. The minimum Gasteiger partial charge on any atom is -0.437 e. The first-order valence-corrected chi connectivity index (χ1v) is 14.6. The molecule has 6 rings (SSSR count). The molecule has 5 atom stereocenters. The minimum absolute atomic E-state index is 0.0341. The first-order chi connectivity index (χ1) is 18.8. The number of fused-ring (bicyclic) bond motifs is 2. The van der Waals surface area contributed by atoms with Crippen LogP contribution in [0.25, 0.3) is 11.0 Å². The number of hydrogen-bond acceptors (Lipinski definition) is 9. The fourth-order valence-electron chi connectivity index (χ4n) is 5.69. The van der Waals surface area contributed by atoms with Crippen molar-refractivity contribution < 1.29 is 41.3 Å². The van der Waals surface area contributed by atoms with Crippen LogP contribution < -0.4 is 5.55 Å². The number of benzene rings is 2. The number of rotatable bonds is 5. The lowest BCUT2D eigenvalue weighted by molar-refractivity contribution is -0.255. The zero-order chi connectivity index (χ0) is 28.5. The molecule has 11 heteroatoms. The van der Waals surface area contributed by atoms with Crippen LogP contribution in [0.4, 0.5) is 0 Å². The molecule has 0 N–H and O–H groups in total. The number of para-hydroxylation sites is 1. The average molecular weight is 572 g/mol. The smallest absolute Gasteiger partial charge is 0.285 e. The van der Waals surface area contributed by atoms with Crippen LogP contribution >= 0.6 is 0 Å². The summed E-state index contributed by atoms with van der Waals surface area (Å²) in [4.78, 5) is 0.0341. The van der Waals surface area contributed by atoms with Crippen molar-refractivity contribution in [1.82, 2.24) is 0 Å². The van der Waals surface area contributed by atoms with Gasteiger partial charge < -0.3 is 32.8 Å². The van der Waals surface area contributed by atoms with E-state index in [1.54, 1.807) is 44.2 Å². The number of aryl methyl sites for hydroxylation is 1. The maximum Gasteiger partial charge on any atom is 0.285 e. The van der Waals surface area contributed by atoms with Crippen LogP contribution in [-0.4, -0.2) is 58.3 Å². The molecular weight excluding hydrogens is 538 g/mol. The Kier molecular flexibility index (Phi) is 6.50. The fraction of sp³-hybridized carbons (Fsp3) is 0.483. The van der Waals surface area contributed by atoms with E-state index < -0.39 is 51.8 Å². The average Bonchev–Trinajstić information content (AvgIpc) is 3.50. The molecule has 40 heavy (non-hydrogen) atoms. The quantitative estimate of drug-likeness (QED) is 0.450. The van der Waals surface area contributed by atoms with Crippen molar-refractivity contribution in [2.24, 2.45) is 4.40 Å². The van der Waals surface area contributed by atoms with Crippen molar-refractivity contribution >= 4 is 21.0 Å². The molecule has 0 aliphatic carbocycles. The van der Waals surface area contributed by atoms with Gasteiger partial charge in [-0.15, -0.1) is 4.40 Å². The Balaban J connectivity index is 1.61. The van der Waals surface area contributed by atoms with Gasteiger partial charge in [-0.05, 0) is 58.9 Å². The van der Waals surface area contributed by atoms with Gasteiger partial charge in [-0.3, -0.25) is 0 Å². The van der Waals surface area contributed by atoms with Crippen molar-refractivity contribution in [1.29, 1.82) is 0 Å². The van der Waals surface area contributed by atoms with Crippen LogP contribution in [0.2, 0.25) is 0 Å². The van der Waals surface area contributed by atoms with Crippen molar-refractivity contribution in [2.75, 3.05) is 13.7 Å². The van der Waals surface area contributed by atoms with Gasteiger partial charge >= 0.3 is 0 Å². The highest BCUT2D eigenvalue weighted by molar-refractivity contribution is 7.90. The predicted molar refractivity (Wildman–Crippen MR) is 142 cm³/mol. The van der Waals surface area contributed by atoms with Gasteiger partial charge in [0.1, 0.15) is 23.9 Å². The van der Waals surface area contributed by atoms with E-state index in [0.29, 0.717) is 16.5 Å². The zero-order valence-corrected chi connectivity index (χ0v) is 24.1. The summed E-state index contributed by atoms with van der Waals surface area (Å²) in [6.07, 6.45) is -3.06. The van der Waals surface area contributed by atoms with E-state index in [9.17, 15) is 8.42 Å². The summed E-state index contributed by atoms with van der Waals surface area (Å²) in [6.45, 7) is 9.27. The molecule has 2 aromatic carbocycles. The third kappa shape index (κ3) is 4.59. The van der Waals surface area contributed by atoms with E-state index >= 15 is 0 Å². The highest BCUT2D eigenvalue weighted by atomic mass is 32.2. The Labute approximate surface area is 232 Å². The molecule has 10 nitrogen and oxygen atoms in total. The maximum atomic E-state index is 13.6. The molecule has 3 fully saturated rings. The standard InChI is InChI=1S/C29H33NO9S/c1-17-11-13-19(14-12-17)40(31,32)30-25-20(15-18-9-7-8-10-21(18)35-25)29(33-6)23(22-16-34-27(2,3)37-22)36-26-24(29)38-28(4,5)39-26/h7-15,22-24,26H,16H2,1-6H3/b30-25-/t22-,23-,24+,26-,29-/m1/s1. The lowest BCUT2D eigenvalue weighted by Crippen LogP contribution is -2.55. The highest BCUT2D eigenvalue weighted by Gasteiger charge is 2.68. The Morgan fingerprint density at radius 1 is 0.925 bits per heavy atom. The van der Waals surface area contributed by atoms with Crippen molar-refractivity contribution in [2.45, 2.75) is 81.3 Å². The summed E-state index contributed by atoms with van der Waals surface area (Å²) in [7, 11) is -2.66. The van der Waals surface area contributed by atoms with Crippen LogP contribution in [-0.2, 0) is 44.0 Å². The van der Waals surface area contributed by atoms with Crippen LogP contribution in [0.1, 0.15) is 38.8 Å². The first kappa shape index (κ1) is 27.5. The van der Waals surface area contributed by atoms with Gasteiger partial charge in [-0.1, -0.05) is 35.9 Å². The number of hydrogen-bond donors (Lipinski definition) is 0. The monoisotopic (exact) mass is 571 g/mol. The second kappa shape index (κ2) is 9.45. The molecule has 3 aromatic rings. The molecule has 0 spiro atoms. The molecule has 0 amide bonds. The maximum absolute atomic E-state index is 13.6. The molecule has 0 bridgehead atoms. The van der Waals surface area contributed by atoms with Gasteiger partial charge in [0.15, 0.2) is 23.5 Å². The van der Waals surface area contributed by atoms with E-state index in [1.165, 1.54) is 19.2 Å². The van der Waals surface area contributed by atoms with Crippen molar-refractivity contribution in [3.05, 3.63) is 71.3 Å². The molecule has 4 heterocycles. The number of sulfonamides is 1.